The van der Waals surface area contributed by atoms with E-state index < -0.39 is 5.54 Å². The zero-order valence-electron chi connectivity index (χ0n) is 11.7. The fourth-order valence-corrected chi connectivity index (χ4v) is 3.13. The van der Waals surface area contributed by atoms with E-state index in [-0.39, 0.29) is 17.7 Å². The van der Waals surface area contributed by atoms with Gasteiger partial charge in [-0.15, -0.1) is 0 Å². The highest BCUT2D eigenvalue weighted by molar-refractivity contribution is 5.79. The molecular weight excluding hydrogens is 256 g/mol. The van der Waals surface area contributed by atoms with Gasteiger partial charge in [0.15, 0.2) is 0 Å². The lowest BCUT2D eigenvalue weighted by molar-refractivity contribution is -0.125. The molecule has 0 aromatic carbocycles. The van der Waals surface area contributed by atoms with Gasteiger partial charge in [0.1, 0.15) is 5.54 Å². The number of hydrogen-bond acceptors (Lipinski definition) is 4. The molecule has 1 heterocycles. The number of nitrogens with zero attached hydrogens (tertiary/aromatic N) is 2. The summed E-state index contributed by atoms with van der Waals surface area (Å²) < 4.78 is 0. The largest absolute Gasteiger partial charge is 0.369 e. The molecule has 0 spiro atoms. The van der Waals surface area contributed by atoms with Gasteiger partial charge in [0.2, 0.25) is 11.8 Å². The van der Waals surface area contributed by atoms with Gasteiger partial charge < -0.3 is 11.1 Å². The molecule has 1 aliphatic carbocycles. The molecule has 6 heteroatoms. The van der Waals surface area contributed by atoms with Gasteiger partial charge in [-0.2, -0.15) is 5.26 Å². The first-order valence-corrected chi connectivity index (χ1v) is 7.29. The molecule has 0 aromatic heterocycles. The smallest absolute Gasteiger partial charge is 0.235 e. The fourth-order valence-electron chi connectivity index (χ4n) is 3.13. The van der Waals surface area contributed by atoms with Gasteiger partial charge in [0, 0.05) is 5.92 Å². The van der Waals surface area contributed by atoms with Gasteiger partial charge in [-0.25, -0.2) is 0 Å². The highest BCUT2D eigenvalue weighted by Gasteiger charge is 2.35. The Morgan fingerprint density at radius 2 is 1.90 bits per heavy atom. The lowest BCUT2D eigenvalue weighted by Crippen LogP contribution is -2.50. The van der Waals surface area contributed by atoms with E-state index in [1.54, 1.807) is 0 Å². The number of rotatable bonds is 4. The third-order valence-corrected chi connectivity index (χ3v) is 4.41. The van der Waals surface area contributed by atoms with Crippen LogP contribution in [0.15, 0.2) is 0 Å². The second-order valence-electron chi connectivity index (χ2n) is 5.90. The first kappa shape index (κ1) is 14.8. The minimum Gasteiger partial charge on any atom is -0.369 e. The second-order valence-corrected chi connectivity index (χ2v) is 5.90. The van der Waals surface area contributed by atoms with Crippen LogP contribution in [0, 0.1) is 17.2 Å². The summed E-state index contributed by atoms with van der Waals surface area (Å²) in [6.45, 7) is 1.72. The molecule has 2 aliphatic rings. The molecule has 3 N–H and O–H groups in total. The second kappa shape index (κ2) is 6.23. The number of primary amides is 1. The lowest BCUT2D eigenvalue weighted by atomic mass is 9.96. The number of amides is 2. The van der Waals surface area contributed by atoms with E-state index in [2.05, 4.69) is 11.4 Å². The van der Waals surface area contributed by atoms with Crippen LogP contribution in [0.3, 0.4) is 0 Å². The van der Waals surface area contributed by atoms with E-state index in [1.807, 2.05) is 4.90 Å². The molecule has 6 nitrogen and oxygen atoms in total. The van der Waals surface area contributed by atoms with E-state index in [0.29, 0.717) is 32.5 Å². The van der Waals surface area contributed by atoms with Gasteiger partial charge in [-0.05, 0) is 51.6 Å². The van der Waals surface area contributed by atoms with Crippen molar-refractivity contribution in [2.24, 2.45) is 11.7 Å². The average molecular weight is 278 g/mol. The summed E-state index contributed by atoms with van der Waals surface area (Å²) in [5, 5.41) is 12.1. The highest BCUT2D eigenvalue weighted by atomic mass is 16.2. The van der Waals surface area contributed by atoms with Crippen molar-refractivity contribution in [3.05, 3.63) is 0 Å². The molecule has 1 aliphatic heterocycles. The third kappa shape index (κ3) is 3.48. The Morgan fingerprint density at radius 1 is 1.30 bits per heavy atom. The molecule has 0 unspecified atom stereocenters. The van der Waals surface area contributed by atoms with Crippen molar-refractivity contribution >= 4 is 11.8 Å². The zero-order chi connectivity index (χ0) is 14.6. The zero-order valence-corrected chi connectivity index (χ0v) is 11.7. The first-order valence-electron chi connectivity index (χ1n) is 7.29. The van der Waals surface area contributed by atoms with Crippen LogP contribution in [0.1, 0.15) is 38.5 Å². The summed E-state index contributed by atoms with van der Waals surface area (Å²) in [6.07, 6.45) is 4.92. The molecule has 0 bridgehead atoms. The van der Waals surface area contributed by atoms with Crippen LogP contribution in [-0.4, -0.2) is 41.9 Å². The molecule has 20 heavy (non-hydrogen) atoms. The molecule has 0 aromatic rings. The number of nitrogens with one attached hydrogen (secondary N) is 1. The first-order chi connectivity index (χ1) is 9.54. The molecule has 110 valence electrons. The standard InChI is InChI=1S/C14H22N4O2/c15-10-14(5-1-2-6-14)17-12(19)9-18-7-3-11(4-8-18)13(16)20/h11H,1-9H2,(H2,16,20)(H,17,19). The van der Waals surface area contributed by atoms with Crippen LogP contribution >= 0.6 is 0 Å². The van der Waals surface area contributed by atoms with Crippen LogP contribution in [0.4, 0.5) is 0 Å². The maximum atomic E-state index is 12.1. The number of carbonyl (C=O) groups is 2. The van der Waals surface area contributed by atoms with Crippen molar-refractivity contribution in [2.75, 3.05) is 19.6 Å². The molecule has 0 radical (unpaired) electrons. The van der Waals surface area contributed by atoms with Crippen LogP contribution in [0.2, 0.25) is 0 Å². The van der Waals surface area contributed by atoms with Gasteiger partial charge >= 0.3 is 0 Å². The summed E-state index contributed by atoms with van der Waals surface area (Å²) in [5.74, 6) is -0.399. The summed E-state index contributed by atoms with van der Waals surface area (Å²) in [7, 11) is 0. The Kier molecular flexibility index (Phi) is 4.61. The SMILES string of the molecule is N#CC1(NC(=O)CN2CCC(C(N)=O)CC2)CCCC1. The Labute approximate surface area is 119 Å². The van der Waals surface area contributed by atoms with Crippen molar-refractivity contribution in [1.29, 1.82) is 5.26 Å². The minimum atomic E-state index is -0.650. The van der Waals surface area contributed by atoms with Crippen LogP contribution < -0.4 is 11.1 Å². The van der Waals surface area contributed by atoms with Crippen molar-refractivity contribution in [3.63, 3.8) is 0 Å². The van der Waals surface area contributed by atoms with E-state index >= 15 is 0 Å². The van der Waals surface area contributed by atoms with Crippen LogP contribution in [-0.2, 0) is 9.59 Å². The van der Waals surface area contributed by atoms with E-state index in [4.69, 9.17) is 5.73 Å². The van der Waals surface area contributed by atoms with E-state index in [1.165, 1.54) is 0 Å². The van der Waals surface area contributed by atoms with Gasteiger partial charge in [0.05, 0.1) is 12.6 Å². The molecule has 2 rings (SSSR count). The predicted molar refractivity (Wildman–Crippen MR) is 73.3 cm³/mol. The third-order valence-electron chi connectivity index (χ3n) is 4.41. The van der Waals surface area contributed by atoms with E-state index in [9.17, 15) is 14.9 Å². The minimum absolute atomic E-state index is 0.0606. The highest BCUT2D eigenvalue weighted by Crippen LogP contribution is 2.28. The number of piperidine rings is 1. The quantitative estimate of drug-likeness (QED) is 0.763. The number of carbonyl (C=O) groups excluding carboxylic acids is 2. The van der Waals surface area contributed by atoms with E-state index in [0.717, 1.165) is 25.7 Å². The molecule has 2 amide bonds. The van der Waals surface area contributed by atoms with Crippen molar-refractivity contribution in [3.8, 4) is 6.07 Å². The Bertz CT molecular complexity index is 415. The molecular formula is C14H22N4O2. The molecule has 0 atom stereocenters. The molecule has 1 saturated heterocycles. The maximum Gasteiger partial charge on any atom is 0.235 e. The Balaban J connectivity index is 1.78. The van der Waals surface area contributed by atoms with Crippen molar-refractivity contribution in [2.45, 2.75) is 44.1 Å². The number of nitriles is 1. The summed E-state index contributed by atoms with van der Waals surface area (Å²) >= 11 is 0. The monoisotopic (exact) mass is 278 g/mol. The summed E-state index contributed by atoms with van der Waals surface area (Å²) in [4.78, 5) is 25.2. The molecule has 2 fully saturated rings. The van der Waals surface area contributed by atoms with Crippen LogP contribution in [0.25, 0.3) is 0 Å². The van der Waals surface area contributed by atoms with Gasteiger partial charge in [-0.3, -0.25) is 14.5 Å². The fraction of sp³-hybridized carbons (Fsp3) is 0.786. The van der Waals surface area contributed by atoms with Crippen molar-refractivity contribution < 1.29 is 9.59 Å². The average Bonchev–Trinajstić information content (AvgIpc) is 2.88. The molecule has 1 saturated carbocycles. The Morgan fingerprint density at radius 3 is 2.40 bits per heavy atom. The van der Waals surface area contributed by atoms with Gasteiger partial charge in [0.25, 0.3) is 0 Å². The number of likely N-dealkylation sites (tertiary alicyclic amines) is 1. The number of hydrogen-bond donors (Lipinski definition) is 2. The Hall–Kier alpha value is -1.61. The number of nitrogens with two attached hydrogens (primary N) is 1. The van der Waals surface area contributed by atoms with Crippen molar-refractivity contribution in [1.82, 2.24) is 10.2 Å². The van der Waals surface area contributed by atoms with Gasteiger partial charge in [-0.1, -0.05) is 0 Å². The maximum absolute atomic E-state index is 12.1. The summed E-state index contributed by atoms with van der Waals surface area (Å²) in [6, 6.07) is 2.26. The topological polar surface area (TPSA) is 99.2 Å². The van der Waals surface area contributed by atoms with Crippen LogP contribution in [0.5, 0.6) is 0 Å². The predicted octanol–water partition coefficient (Wildman–Crippen LogP) is 0.136. The lowest BCUT2D eigenvalue weighted by Gasteiger charge is -2.31. The summed E-state index contributed by atoms with van der Waals surface area (Å²) in [5.41, 5.74) is 4.64. The normalized spacial score (nSPS) is 23.1.